The largest absolute Gasteiger partial charge is 0.398 e. The third-order valence-corrected chi connectivity index (χ3v) is 1.73. The molecule has 66 valence electrons. The van der Waals surface area contributed by atoms with Crippen LogP contribution in [-0.2, 0) is 4.79 Å². The van der Waals surface area contributed by atoms with Crippen molar-refractivity contribution in [2.24, 2.45) is 5.73 Å². The van der Waals surface area contributed by atoms with Crippen LogP contribution in [0.1, 0.15) is 5.56 Å². The topological polar surface area (TPSA) is 43.1 Å². The predicted octanol–water partition coefficient (Wildman–Crippen LogP) is 1.74. The number of nitrogens with two attached hydrogens (primary N) is 1. The quantitative estimate of drug-likeness (QED) is 0.430. The molecule has 1 aromatic carbocycles. The van der Waals surface area contributed by atoms with E-state index in [1.54, 1.807) is 0 Å². The van der Waals surface area contributed by atoms with E-state index in [9.17, 15) is 4.79 Å². The molecule has 13 heavy (non-hydrogen) atoms. The molecule has 0 aliphatic heterocycles. The van der Waals surface area contributed by atoms with Gasteiger partial charge in [-0.3, -0.25) is 4.79 Å². The molecule has 0 aliphatic rings. The van der Waals surface area contributed by atoms with Gasteiger partial charge in [0.15, 0.2) is 6.29 Å². The summed E-state index contributed by atoms with van der Waals surface area (Å²) in [6, 6.07) is 9.26. The number of carbonyl (C=O) groups is 1. The minimum absolute atomic E-state index is 0.404. The third kappa shape index (κ3) is 2.06. The average molecular weight is 173 g/mol. The molecular weight excluding hydrogens is 162 g/mol. The molecule has 2 N–H and O–H groups in total. The van der Waals surface area contributed by atoms with Gasteiger partial charge in [0, 0.05) is 11.3 Å². The highest BCUT2D eigenvalue weighted by Crippen LogP contribution is 2.13. The van der Waals surface area contributed by atoms with E-state index in [0.717, 1.165) is 11.8 Å². The molecule has 1 aromatic rings. The smallest absolute Gasteiger partial charge is 0.152 e. The third-order valence-electron chi connectivity index (χ3n) is 1.73. The van der Waals surface area contributed by atoms with Gasteiger partial charge in [-0.05, 0) is 11.6 Å². The van der Waals surface area contributed by atoms with E-state index in [4.69, 9.17) is 5.73 Å². The van der Waals surface area contributed by atoms with E-state index in [0.29, 0.717) is 11.3 Å². The number of rotatable bonds is 3. The lowest BCUT2D eigenvalue weighted by atomic mass is 10.1. The molecule has 1 rings (SSSR count). The van der Waals surface area contributed by atoms with Crippen LogP contribution >= 0.6 is 0 Å². The maximum atomic E-state index is 10.7. The highest BCUT2D eigenvalue weighted by molar-refractivity contribution is 6.08. The summed E-state index contributed by atoms with van der Waals surface area (Å²) < 4.78 is 0. The molecule has 0 saturated carbocycles. The van der Waals surface area contributed by atoms with E-state index in [2.05, 4.69) is 6.58 Å². The molecule has 0 fully saturated rings. The number of allylic oxidation sites excluding steroid dienone is 2. The fourth-order valence-electron chi connectivity index (χ4n) is 1.03. The molecule has 0 amide bonds. The molecule has 0 atom stereocenters. The van der Waals surface area contributed by atoms with Crippen LogP contribution in [0.2, 0.25) is 0 Å². The van der Waals surface area contributed by atoms with Crippen molar-refractivity contribution in [2.75, 3.05) is 0 Å². The van der Waals surface area contributed by atoms with E-state index < -0.39 is 0 Å². The fourth-order valence-corrected chi connectivity index (χ4v) is 1.03. The molecule has 0 aromatic heterocycles. The molecule has 2 heteroatoms. The first-order valence-corrected chi connectivity index (χ1v) is 3.92. The second-order valence-electron chi connectivity index (χ2n) is 2.56. The summed E-state index contributed by atoms with van der Waals surface area (Å²) in [7, 11) is 0. The Morgan fingerprint density at radius 1 is 1.31 bits per heavy atom. The van der Waals surface area contributed by atoms with Crippen LogP contribution in [0.25, 0.3) is 5.57 Å². The number of benzene rings is 1. The molecule has 0 bridgehead atoms. The van der Waals surface area contributed by atoms with Crippen LogP contribution < -0.4 is 5.73 Å². The first-order valence-electron chi connectivity index (χ1n) is 3.92. The SMILES string of the molecule is C=C/C(N)=C(\C=O)c1ccccc1. The zero-order chi connectivity index (χ0) is 9.68. The van der Waals surface area contributed by atoms with Gasteiger partial charge in [-0.15, -0.1) is 0 Å². The molecule has 0 aliphatic carbocycles. The number of aldehydes is 1. The van der Waals surface area contributed by atoms with Crippen LogP contribution in [0.4, 0.5) is 0 Å². The summed E-state index contributed by atoms with van der Waals surface area (Å²) in [6.45, 7) is 3.51. The highest BCUT2D eigenvalue weighted by Gasteiger charge is 2.01. The van der Waals surface area contributed by atoms with Crippen molar-refractivity contribution in [2.45, 2.75) is 0 Å². The van der Waals surface area contributed by atoms with Crippen LogP contribution in [0.15, 0.2) is 48.7 Å². The van der Waals surface area contributed by atoms with E-state index in [-0.39, 0.29) is 0 Å². The lowest BCUT2D eigenvalue weighted by molar-refractivity contribution is -0.103. The van der Waals surface area contributed by atoms with Gasteiger partial charge >= 0.3 is 0 Å². The summed E-state index contributed by atoms with van der Waals surface area (Å²) >= 11 is 0. The van der Waals surface area contributed by atoms with Crippen LogP contribution in [0.3, 0.4) is 0 Å². The zero-order valence-corrected chi connectivity index (χ0v) is 7.23. The Kier molecular flexibility index (Phi) is 3.03. The summed E-state index contributed by atoms with van der Waals surface area (Å²) in [6.07, 6.45) is 2.21. The second-order valence-corrected chi connectivity index (χ2v) is 2.56. The van der Waals surface area contributed by atoms with Crippen molar-refractivity contribution in [3.05, 3.63) is 54.2 Å². The normalized spacial score (nSPS) is 11.7. The van der Waals surface area contributed by atoms with E-state index in [1.807, 2.05) is 30.3 Å². The average Bonchev–Trinajstić information content (AvgIpc) is 2.20. The van der Waals surface area contributed by atoms with Gasteiger partial charge in [0.25, 0.3) is 0 Å². The zero-order valence-electron chi connectivity index (χ0n) is 7.23. The van der Waals surface area contributed by atoms with Crippen LogP contribution in [0, 0.1) is 0 Å². The maximum Gasteiger partial charge on any atom is 0.152 e. The Bertz CT molecular complexity index is 338. The second kappa shape index (κ2) is 4.26. The van der Waals surface area contributed by atoms with Crippen molar-refractivity contribution in [1.82, 2.24) is 0 Å². The number of hydrogen-bond acceptors (Lipinski definition) is 2. The number of carbonyl (C=O) groups excluding carboxylic acids is 1. The molecule has 0 radical (unpaired) electrons. The van der Waals surface area contributed by atoms with Crippen molar-refractivity contribution >= 4 is 11.9 Å². The standard InChI is InChI=1S/C11H11NO/c1-2-11(12)10(8-13)9-6-4-3-5-7-9/h2-8H,1,12H2/b11-10-. The maximum absolute atomic E-state index is 10.7. The molecule has 0 unspecified atom stereocenters. The van der Waals surface area contributed by atoms with Gasteiger partial charge in [-0.1, -0.05) is 36.9 Å². The fraction of sp³-hybridized carbons (Fsp3) is 0. The Labute approximate surface area is 77.4 Å². The highest BCUT2D eigenvalue weighted by atomic mass is 16.1. The van der Waals surface area contributed by atoms with Gasteiger partial charge in [-0.2, -0.15) is 0 Å². The minimum Gasteiger partial charge on any atom is -0.398 e. The van der Waals surface area contributed by atoms with Crippen LogP contribution in [0.5, 0.6) is 0 Å². The Morgan fingerprint density at radius 3 is 2.38 bits per heavy atom. The predicted molar refractivity (Wildman–Crippen MR) is 53.8 cm³/mol. The number of hydrogen-bond donors (Lipinski definition) is 1. The summed E-state index contributed by atoms with van der Waals surface area (Å²) in [5.41, 5.74) is 7.29. The van der Waals surface area contributed by atoms with E-state index in [1.165, 1.54) is 6.08 Å². The first-order chi connectivity index (χ1) is 6.29. The summed E-state index contributed by atoms with van der Waals surface area (Å²) in [5.74, 6) is 0. The van der Waals surface area contributed by atoms with Crippen molar-refractivity contribution < 1.29 is 4.79 Å². The Morgan fingerprint density at radius 2 is 1.92 bits per heavy atom. The monoisotopic (exact) mass is 173 g/mol. The Hall–Kier alpha value is -1.83. The first kappa shape index (κ1) is 9.26. The van der Waals surface area contributed by atoms with Gasteiger partial charge in [0.2, 0.25) is 0 Å². The Balaban J connectivity index is 3.20. The van der Waals surface area contributed by atoms with Crippen molar-refractivity contribution in [3.8, 4) is 0 Å². The van der Waals surface area contributed by atoms with Crippen molar-refractivity contribution in [1.29, 1.82) is 0 Å². The lowest BCUT2D eigenvalue weighted by Crippen LogP contribution is -1.99. The molecule has 0 spiro atoms. The summed E-state index contributed by atoms with van der Waals surface area (Å²) in [5, 5.41) is 0. The van der Waals surface area contributed by atoms with Gasteiger partial charge in [-0.25, -0.2) is 0 Å². The van der Waals surface area contributed by atoms with Crippen LogP contribution in [-0.4, -0.2) is 6.29 Å². The molecular formula is C11H11NO. The minimum atomic E-state index is 0.404. The lowest BCUT2D eigenvalue weighted by Gasteiger charge is -2.01. The molecule has 2 nitrogen and oxygen atoms in total. The molecule has 0 saturated heterocycles. The van der Waals surface area contributed by atoms with Crippen molar-refractivity contribution in [3.63, 3.8) is 0 Å². The van der Waals surface area contributed by atoms with E-state index >= 15 is 0 Å². The van der Waals surface area contributed by atoms with Gasteiger partial charge in [0.1, 0.15) is 0 Å². The van der Waals surface area contributed by atoms with Gasteiger partial charge < -0.3 is 5.73 Å². The molecule has 0 heterocycles. The van der Waals surface area contributed by atoms with Gasteiger partial charge in [0.05, 0.1) is 0 Å². The summed E-state index contributed by atoms with van der Waals surface area (Å²) in [4.78, 5) is 10.7.